The summed E-state index contributed by atoms with van der Waals surface area (Å²) in [5.41, 5.74) is 2.06. The van der Waals surface area contributed by atoms with Crippen molar-refractivity contribution < 1.29 is 17.9 Å². The molecule has 0 saturated carbocycles. The second-order valence-corrected chi connectivity index (χ2v) is 11.9. The SMILES string of the molecule is CC(Oc1ccc(C(C)(C)C)cc1)C(=O)N(Cc1cccc(Cl)c1)C1CCS(=O)(=O)C1. The van der Waals surface area contributed by atoms with Crippen molar-refractivity contribution in [3.63, 3.8) is 0 Å². The quantitative estimate of drug-likeness (QED) is 0.627. The molecule has 1 heterocycles. The van der Waals surface area contributed by atoms with E-state index in [-0.39, 0.29) is 35.4 Å². The molecule has 1 fully saturated rings. The van der Waals surface area contributed by atoms with Gasteiger partial charge < -0.3 is 9.64 Å². The Morgan fingerprint density at radius 1 is 1.19 bits per heavy atom. The molecule has 1 amide bonds. The number of hydrogen-bond acceptors (Lipinski definition) is 4. The van der Waals surface area contributed by atoms with E-state index in [0.29, 0.717) is 17.2 Å². The number of carbonyl (C=O) groups is 1. The number of halogens is 1. The predicted octanol–water partition coefficient (Wildman–Crippen LogP) is 4.62. The fraction of sp³-hybridized carbons (Fsp3) is 0.458. The summed E-state index contributed by atoms with van der Waals surface area (Å²) in [6.07, 6.45) is -0.315. The fourth-order valence-electron chi connectivity index (χ4n) is 3.76. The fourth-order valence-corrected chi connectivity index (χ4v) is 5.71. The Bertz CT molecular complexity index is 1030. The van der Waals surface area contributed by atoms with Crippen LogP contribution in [0.4, 0.5) is 0 Å². The van der Waals surface area contributed by atoms with Gasteiger partial charge >= 0.3 is 0 Å². The maximum Gasteiger partial charge on any atom is 0.263 e. The summed E-state index contributed by atoms with van der Waals surface area (Å²) < 4.78 is 30.0. The highest BCUT2D eigenvalue weighted by Gasteiger charge is 2.36. The van der Waals surface area contributed by atoms with Gasteiger partial charge in [0.25, 0.3) is 5.91 Å². The van der Waals surface area contributed by atoms with Crippen molar-refractivity contribution in [2.45, 2.75) is 58.2 Å². The van der Waals surface area contributed by atoms with Crippen LogP contribution in [0.2, 0.25) is 5.02 Å². The molecule has 2 atom stereocenters. The van der Waals surface area contributed by atoms with Crippen LogP contribution < -0.4 is 4.74 Å². The van der Waals surface area contributed by atoms with Gasteiger partial charge in [-0.1, -0.05) is 56.6 Å². The van der Waals surface area contributed by atoms with Crippen molar-refractivity contribution in [1.29, 1.82) is 0 Å². The highest BCUT2D eigenvalue weighted by molar-refractivity contribution is 7.91. The predicted molar refractivity (Wildman–Crippen MR) is 124 cm³/mol. The van der Waals surface area contributed by atoms with Crippen molar-refractivity contribution >= 4 is 27.3 Å². The van der Waals surface area contributed by atoms with Crippen LogP contribution in [0.15, 0.2) is 48.5 Å². The normalized spacial score (nSPS) is 19.1. The monoisotopic (exact) mass is 463 g/mol. The van der Waals surface area contributed by atoms with Gasteiger partial charge in [-0.15, -0.1) is 0 Å². The average Bonchev–Trinajstić information content (AvgIpc) is 3.05. The van der Waals surface area contributed by atoms with E-state index in [0.717, 1.165) is 5.56 Å². The number of sulfone groups is 1. The lowest BCUT2D eigenvalue weighted by Crippen LogP contribution is -2.46. The third-order valence-corrected chi connectivity index (χ3v) is 7.54. The zero-order valence-corrected chi connectivity index (χ0v) is 20.0. The number of rotatable bonds is 6. The number of hydrogen-bond donors (Lipinski definition) is 0. The zero-order chi connectivity index (χ0) is 22.8. The smallest absolute Gasteiger partial charge is 0.263 e. The van der Waals surface area contributed by atoms with Crippen molar-refractivity contribution in [3.8, 4) is 5.75 Å². The second kappa shape index (κ2) is 9.21. The molecule has 0 radical (unpaired) electrons. The number of benzene rings is 2. The molecule has 1 aliphatic rings. The van der Waals surface area contributed by atoms with Crippen LogP contribution >= 0.6 is 11.6 Å². The van der Waals surface area contributed by atoms with E-state index in [2.05, 4.69) is 20.8 Å². The first-order valence-corrected chi connectivity index (χ1v) is 12.7. The molecule has 168 valence electrons. The van der Waals surface area contributed by atoms with Gasteiger partial charge in [-0.05, 0) is 54.2 Å². The highest BCUT2D eigenvalue weighted by Crippen LogP contribution is 2.26. The number of amides is 1. The molecule has 0 aliphatic carbocycles. The summed E-state index contributed by atoms with van der Waals surface area (Å²) in [6.45, 7) is 8.40. The van der Waals surface area contributed by atoms with Gasteiger partial charge in [-0.3, -0.25) is 4.79 Å². The molecule has 0 spiro atoms. The minimum absolute atomic E-state index is 0.0215. The highest BCUT2D eigenvalue weighted by atomic mass is 35.5. The third kappa shape index (κ3) is 6.23. The lowest BCUT2D eigenvalue weighted by molar-refractivity contribution is -0.140. The molecular formula is C24H30ClNO4S. The summed E-state index contributed by atoms with van der Waals surface area (Å²) in [5.74, 6) is 0.449. The van der Waals surface area contributed by atoms with Crippen LogP contribution in [0.1, 0.15) is 45.2 Å². The van der Waals surface area contributed by atoms with Gasteiger partial charge in [0.2, 0.25) is 0 Å². The molecule has 2 aromatic rings. The van der Waals surface area contributed by atoms with Crippen molar-refractivity contribution in [2.75, 3.05) is 11.5 Å². The largest absolute Gasteiger partial charge is 0.481 e. The molecule has 3 rings (SSSR count). The van der Waals surface area contributed by atoms with E-state index in [1.165, 1.54) is 5.56 Å². The van der Waals surface area contributed by atoms with E-state index < -0.39 is 15.9 Å². The molecule has 0 aromatic heterocycles. The van der Waals surface area contributed by atoms with Crippen LogP contribution in [-0.2, 0) is 26.6 Å². The van der Waals surface area contributed by atoms with Crippen LogP contribution in [-0.4, -0.2) is 42.9 Å². The lowest BCUT2D eigenvalue weighted by Gasteiger charge is -2.31. The minimum Gasteiger partial charge on any atom is -0.481 e. The number of carbonyl (C=O) groups excluding carboxylic acids is 1. The molecule has 0 N–H and O–H groups in total. The number of ether oxygens (including phenoxy) is 1. The Balaban J connectivity index is 1.78. The van der Waals surface area contributed by atoms with E-state index in [9.17, 15) is 13.2 Å². The van der Waals surface area contributed by atoms with Gasteiger partial charge in [0.1, 0.15) is 5.75 Å². The Hall–Kier alpha value is -2.05. The Morgan fingerprint density at radius 3 is 2.42 bits per heavy atom. The molecule has 31 heavy (non-hydrogen) atoms. The summed E-state index contributed by atoms with van der Waals surface area (Å²) in [5, 5.41) is 0.576. The number of nitrogens with zero attached hydrogens (tertiary/aromatic N) is 1. The molecule has 5 nitrogen and oxygen atoms in total. The first kappa shape index (κ1) is 23.6. The van der Waals surface area contributed by atoms with E-state index in [1.54, 1.807) is 24.0 Å². The van der Waals surface area contributed by atoms with Crippen LogP contribution in [0.3, 0.4) is 0 Å². The molecule has 7 heteroatoms. The maximum absolute atomic E-state index is 13.3. The van der Waals surface area contributed by atoms with Crippen LogP contribution in [0.5, 0.6) is 5.75 Å². The molecule has 0 bridgehead atoms. The van der Waals surface area contributed by atoms with Gasteiger partial charge in [0.05, 0.1) is 11.5 Å². The van der Waals surface area contributed by atoms with Crippen LogP contribution in [0.25, 0.3) is 0 Å². The van der Waals surface area contributed by atoms with Gasteiger partial charge in [0.15, 0.2) is 15.9 Å². The third-order valence-electron chi connectivity index (χ3n) is 5.56. The summed E-state index contributed by atoms with van der Waals surface area (Å²) >= 11 is 6.10. The van der Waals surface area contributed by atoms with Gasteiger partial charge in [-0.25, -0.2) is 8.42 Å². The Labute approximate surface area is 190 Å². The first-order chi connectivity index (χ1) is 14.4. The maximum atomic E-state index is 13.3. The Kier molecular flexibility index (Phi) is 7.01. The molecule has 1 saturated heterocycles. The van der Waals surface area contributed by atoms with E-state index in [1.807, 2.05) is 36.4 Å². The summed E-state index contributed by atoms with van der Waals surface area (Å²) in [6, 6.07) is 14.6. The topological polar surface area (TPSA) is 63.7 Å². The molecular weight excluding hydrogens is 434 g/mol. The molecule has 2 aromatic carbocycles. The summed E-state index contributed by atoms with van der Waals surface area (Å²) in [7, 11) is -3.14. The summed E-state index contributed by atoms with van der Waals surface area (Å²) in [4.78, 5) is 15.0. The van der Waals surface area contributed by atoms with E-state index in [4.69, 9.17) is 16.3 Å². The Morgan fingerprint density at radius 2 is 1.87 bits per heavy atom. The van der Waals surface area contributed by atoms with Crippen molar-refractivity contribution in [1.82, 2.24) is 4.90 Å². The zero-order valence-electron chi connectivity index (χ0n) is 18.5. The van der Waals surface area contributed by atoms with E-state index >= 15 is 0 Å². The van der Waals surface area contributed by atoms with Gasteiger partial charge in [0, 0.05) is 17.6 Å². The van der Waals surface area contributed by atoms with Gasteiger partial charge in [-0.2, -0.15) is 0 Å². The average molecular weight is 464 g/mol. The standard InChI is InChI=1S/C24H30ClNO4S/c1-17(30-22-10-8-19(9-11-22)24(2,3)4)23(27)26(21-12-13-31(28,29)16-21)15-18-6-5-7-20(25)14-18/h5-11,14,17,21H,12-13,15-16H2,1-4H3. The molecule has 2 unspecified atom stereocenters. The van der Waals surface area contributed by atoms with Crippen molar-refractivity contribution in [3.05, 3.63) is 64.7 Å². The second-order valence-electron chi connectivity index (χ2n) is 9.19. The lowest BCUT2D eigenvalue weighted by atomic mass is 9.87. The van der Waals surface area contributed by atoms with Crippen LogP contribution in [0, 0.1) is 0 Å². The molecule has 1 aliphatic heterocycles. The first-order valence-electron chi connectivity index (χ1n) is 10.5. The minimum atomic E-state index is -3.14. The van der Waals surface area contributed by atoms with Crippen molar-refractivity contribution in [2.24, 2.45) is 0 Å².